The van der Waals surface area contributed by atoms with Crippen molar-refractivity contribution < 1.29 is 19.4 Å². The summed E-state index contributed by atoms with van der Waals surface area (Å²) in [4.78, 5) is 12.6. The lowest BCUT2D eigenvalue weighted by Gasteiger charge is -2.31. The molecule has 1 aliphatic carbocycles. The molecule has 1 unspecified atom stereocenters. The normalized spacial score (nSPS) is 15.7. The standard InChI is InChI=1S/C30H42O4/c1-33-28-17-15-25(21-29(28)34-2)14-16-26(31)22-27(32)23-30(19-9-10-20-30)18-8-4-7-13-24-11-5-3-6-12-24/h3,5-6,11-12,15,17,21,27,32H,4,7-10,13-14,16,18-20,22-23H2,1-2H3. The minimum Gasteiger partial charge on any atom is -0.493 e. The van der Waals surface area contributed by atoms with Gasteiger partial charge in [-0.25, -0.2) is 0 Å². The van der Waals surface area contributed by atoms with Crippen molar-refractivity contribution in [3.63, 3.8) is 0 Å². The molecule has 3 rings (SSSR count). The van der Waals surface area contributed by atoms with Gasteiger partial charge >= 0.3 is 0 Å². The van der Waals surface area contributed by atoms with Crippen molar-refractivity contribution in [1.29, 1.82) is 0 Å². The van der Waals surface area contributed by atoms with E-state index in [1.165, 1.54) is 56.9 Å². The number of aryl methyl sites for hydroxylation is 2. The molecule has 0 radical (unpaired) electrons. The van der Waals surface area contributed by atoms with Crippen LogP contribution in [0, 0.1) is 5.41 Å². The molecular weight excluding hydrogens is 424 g/mol. The second kappa shape index (κ2) is 13.5. The van der Waals surface area contributed by atoms with Crippen LogP contribution >= 0.6 is 0 Å². The van der Waals surface area contributed by atoms with Gasteiger partial charge in [-0.2, -0.15) is 0 Å². The SMILES string of the molecule is COc1ccc(CCC(=O)CC(O)CC2(CCCCCc3ccccc3)CCCC2)cc1OC. The number of hydrogen-bond acceptors (Lipinski definition) is 4. The zero-order chi connectivity index (χ0) is 24.2. The molecule has 1 fully saturated rings. The zero-order valence-corrected chi connectivity index (χ0v) is 21.1. The first kappa shape index (κ1) is 26.3. The van der Waals surface area contributed by atoms with Gasteiger partial charge in [-0.05, 0) is 73.6 Å². The average Bonchev–Trinajstić information content (AvgIpc) is 3.31. The molecule has 1 aliphatic rings. The van der Waals surface area contributed by atoms with Gasteiger partial charge in [0.15, 0.2) is 11.5 Å². The highest BCUT2D eigenvalue weighted by molar-refractivity contribution is 5.79. The summed E-state index contributed by atoms with van der Waals surface area (Å²) >= 11 is 0. The summed E-state index contributed by atoms with van der Waals surface area (Å²) < 4.78 is 10.6. The van der Waals surface area contributed by atoms with Gasteiger partial charge < -0.3 is 14.6 Å². The first-order valence-corrected chi connectivity index (χ1v) is 13.0. The highest BCUT2D eigenvalue weighted by Gasteiger charge is 2.35. The van der Waals surface area contributed by atoms with Gasteiger partial charge in [-0.1, -0.05) is 62.1 Å². The molecule has 0 amide bonds. The molecule has 1 N–H and O–H groups in total. The maximum atomic E-state index is 12.6. The fraction of sp³-hybridized carbons (Fsp3) is 0.567. The van der Waals surface area contributed by atoms with Gasteiger partial charge in [0.05, 0.1) is 20.3 Å². The minimum atomic E-state index is -0.527. The molecule has 0 bridgehead atoms. The second-order valence-electron chi connectivity index (χ2n) is 10.0. The van der Waals surface area contributed by atoms with Crippen LogP contribution in [-0.4, -0.2) is 31.2 Å². The topological polar surface area (TPSA) is 55.8 Å². The smallest absolute Gasteiger partial charge is 0.160 e. The van der Waals surface area contributed by atoms with E-state index >= 15 is 0 Å². The molecule has 0 spiro atoms. The molecule has 1 atom stereocenters. The molecule has 4 heteroatoms. The van der Waals surface area contributed by atoms with Gasteiger partial charge in [0, 0.05) is 12.8 Å². The van der Waals surface area contributed by atoms with Gasteiger partial charge in [0.2, 0.25) is 0 Å². The third kappa shape index (κ3) is 8.16. The Bertz CT molecular complexity index is 871. The summed E-state index contributed by atoms with van der Waals surface area (Å²) in [5.74, 6) is 1.51. The largest absolute Gasteiger partial charge is 0.493 e. The number of aliphatic hydroxyl groups is 1. The molecule has 0 heterocycles. The van der Waals surface area contributed by atoms with Crippen LogP contribution in [0.3, 0.4) is 0 Å². The van der Waals surface area contributed by atoms with Crippen molar-refractivity contribution in [1.82, 2.24) is 0 Å². The number of aliphatic hydroxyl groups excluding tert-OH is 1. The molecule has 4 nitrogen and oxygen atoms in total. The second-order valence-corrected chi connectivity index (χ2v) is 10.0. The molecule has 0 aromatic heterocycles. The number of Topliss-reactive ketones (excluding diaryl/α,β-unsaturated/α-hetero) is 1. The number of benzene rings is 2. The third-order valence-electron chi connectivity index (χ3n) is 7.45. The fourth-order valence-corrected chi connectivity index (χ4v) is 5.59. The molecular formula is C30H42O4. The van der Waals surface area contributed by atoms with Crippen LogP contribution in [0.5, 0.6) is 11.5 Å². The Morgan fingerprint density at radius 3 is 2.35 bits per heavy atom. The number of ketones is 1. The fourth-order valence-electron chi connectivity index (χ4n) is 5.59. The summed E-state index contributed by atoms with van der Waals surface area (Å²) in [7, 11) is 3.23. The summed E-state index contributed by atoms with van der Waals surface area (Å²) in [5, 5.41) is 10.8. The highest BCUT2D eigenvalue weighted by atomic mass is 16.5. The van der Waals surface area contributed by atoms with E-state index < -0.39 is 6.10 Å². The molecule has 0 aliphatic heterocycles. The van der Waals surface area contributed by atoms with Crippen LogP contribution in [-0.2, 0) is 17.6 Å². The molecule has 34 heavy (non-hydrogen) atoms. The van der Waals surface area contributed by atoms with Crippen molar-refractivity contribution in [3.05, 3.63) is 59.7 Å². The Kier molecular flexibility index (Phi) is 10.5. The molecule has 2 aromatic carbocycles. The molecule has 1 saturated carbocycles. The van der Waals surface area contributed by atoms with Crippen LogP contribution in [0.15, 0.2) is 48.5 Å². The number of carbonyl (C=O) groups is 1. The number of rotatable bonds is 15. The molecule has 2 aromatic rings. The number of carbonyl (C=O) groups excluding carboxylic acids is 1. The van der Waals surface area contributed by atoms with Crippen molar-refractivity contribution in [2.75, 3.05) is 14.2 Å². The molecule has 0 saturated heterocycles. The van der Waals surface area contributed by atoms with E-state index in [9.17, 15) is 9.90 Å². The van der Waals surface area contributed by atoms with Crippen molar-refractivity contribution in [2.24, 2.45) is 5.41 Å². The number of ether oxygens (including phenoxy) is 2. The lowest BCUT2D eigenvalue weighted by Crippen LogP contribution is -2.26. The zero-order valence-electron chi connectivity index (χ0n) is 21.1. The maximum absolute atomic E-state index is 12.6. The summed E-state index contributed by atoms with van der Waals surface area (Å²) in [5.41, 5.74) is 2.69. The Morgan fingerprint density at radius 1 is 0.912 bits per heavy atom. The monoisotopic (exact) mass is 466 g/mol. The van der Waals surface area contributed by atoms with E-state index in [4.69, 9.17) is 9.47 Å². The van der Waals surface area contributed by atoms with Gasteiger partial charge in [0.1, 0.15) is 5.78 Å². The van der Waals surface area contributed by atoms with Crippen LogP contribution in [0.25, 0.3) is 0 Å². The predicted octanol–water partition coefficient (Wildman–Crippen LogP) is 6.71. The summed E-state index contributed by atoms with van der Waals surface area (Å²) in [6, 6.07) is 16.5. The van der Waals surface area contributed by atoms with E-state index in [-0.39, 0.29) is 17.6 Å². The highest BCUT2D eigenvalue weighted by Crippen LogP contribution is 2.46. The summed E-state index contributed by atoms with van der Waals surface area (Å²) in [6.45, 7) is 0. The van der Waals surface area contributed by atoms with Crippen LogP contribution in [0.1, 0.15) is 81.8 Å². The molecule has 186 valence electrons. The van der Waals surface area contributed by atoms with Crippen molar-refractivity contribution in [2.45, 2.75) is 89.6 Å². The van der Waals surface area contributed by atoms with Crippen LogP contribution in [0.4, 0.5) is 0 Å². The summed E-state index contributed by atoms with van der Waals surface area (Å²) in [6.07, 6.45) is 12.5. The van der Waals surface area contributed by atoms with Gasteiger partial charge in [-0.3, -0.25) is 4.79 Å². The van der Waals surface area contributed by atoms with E-state index in [1.54, 1.807) is 14.2 Å². The first-order chi connectivity index (χ1) is 16.5. The lowest BCUT2D eigenvalue weighted by atomic mass is 9.75. The predicted molar refractivity (Wildman–Crippen MR) is 138 cm³/mol. The van der Waals surface area contributed by atoms with E-state index in [0.29, 0.717) is 24.3 Å². The van der Waals surface area contributed by atoms with Crippen molar-refractivity contribution >= 4 is 5.78 Å². The average molecular weight is 467 g/mol. The Hall–Kier alpha value is -2.33. The third-order valence-corrected chi connectivity index (χ3v) is 7.45. The Morgan fingerprint density at radius 2 is 1.65 bits per heavy atom. The number of hydrogen-bond donors (Lipinski definition) is 1. The van der Waals surface area contributed by atoms with Gasteiger partial charge in [0.25, 0.3) is 0 Å². The van der Waals surface area contributed by atoms with E-state index in [2.05, 4.69) is 30.3 Å². The first-order valence-electron chi connectivity index (χ1n) is 13.0. The van der Waals surface area contributed by atoms with Crippen molar-refractivity contribution in [3.8, 4) is 11.5 Å². The Labute approximate surface area is 205 Å². The van der Waals surface area contributed by atoms with E-state index in [0.717, 1.165) is 18.4 Å². The number of methoxy groups -OCH3 is 2. The maximum Gasteiger partial charge on any atom is 0.160 e. The quantitative estimate of drug-likeness (QED) is 0.296. The lowest BCUT2D eigenvalue weighted by molar-refractivity contribution is -0.121. The number of unbranched alkanes of at least 4 members (excludes halogenated alkanes) is 2. The van der Waals surface area contributed by atoms with Gasteiger partial charge in [-0.15, -0.1) is 0 Å². The van der Waals surface area contributed by atoms with E-state index in [1.807, 2.05) is 18.2 Å². The van der Waals surface area contributed by atoms with Crippen LogP contribution in [0.2, 0.25) is 0 Å². The minimum absolute atomic E-state index is 0.137. The Balaban J connectivity index is 1.40. The van der Waals surface area contributed by atoms with Crippen LogP contribution < -0.4 is 9.47 Å².